The van der Waals surface area contributed by atoms with Gasteiger partial charge in [-0.15, -0.1) is 13.2 Å². The smallest absolute Gasteiger partial charge is 0.0279 e. The third-order valence-electron chi connectivity index (χ3n) is 2.02. The standard InChI is InChI=1S/C11H16.C2H4/c1-4-5-11-8-9(2)6-7-10(11)3;1-2/h6-8H,4-5H2,1-3H3;1-2H2. The second-order valence-electron chi connectivity index (χ2n) is 3.18. The number of hydrogen-bond acceptors (Lipinski definition) is 0. The molecule has 0 heteroatoms. The molecule has 0 atom stereocenters. The van der Waals surface area contributed by atoms with Gasteiger partial charge in [-0.2, -0.15) is 0 Å². The molecular weight excluding hydrogens is 156 g/mol. The van der Waals surface area contributed by atoms with Crippen molar-refractivity contribution in [2.75, 3.05) is 0 Å². The first kappa shape index (κ1) is 12.0. The third kappa shape index (κ3) is 3.93. The van der Waals surface area contributed by atoms with E-state index >= 15 is 0 Å². The van der Waals surface area contributed by atoms with Crippen LogP contribution in [0.4, 0.5) is 0 Å². The van der Waals surface area contributed by atoms with E-state index in [4.69, 9.17) is 0 Å². The van der Waals surface area contributed by atoms with E-state index in [9.17, 15) is 0 Å². The van der Waals surface area contributed by atoms with E-state index in [-0.39, 0.29) is 0 Å². The summed E-state index contributed by atoms with van der Waals surface area (Å²) in [4.78, 5) is 0. The summed E-state index contributed by atoms with van der Waals surface area (Å²) >= 11 is 0. The van der Waals surface area contributed by atoms with Crippen molar-refractivity contribution in [3.05, 3.63) is 48.0 Å². The summed E-state index contributed by atoms with van der Waals surface area (Å²) in [6.07, 6.45) is 2.46. The summed E-state index contributed by atoms with van der Waals surface area (Å²) in [6, 6.07) is 6.67. The second kappa shape index (κ2) is 6.47. The maximum atomic E-state index is 3.00. The predicted octanol–water partition coefficient (Wildman–Crippen LogP) is 4.06. The average Bonchev–Trinajstić information content (AvgIpc) is 2.15. The van der Waals surface area contributed by atoms with Crippen LogP contribution in [-0.4, -0.2) is 0 Å². The number of hydrogen-bond donors (Lipinski definition) is 0. The van der Waals surface area contributed by atoms with Crippen LogP contribution in [0.3, 0.4) is 0 Å². The van der Waals surface area contributed by atoms with Crippen molar-refractivity contribution in [3.63, 3.8) is 0 Å². The fraction of sp³-hybridized carbons (Fsp3) is 0.385. The fourth-order valence-corrected chi connectivity index (χ4v) is 1.34. The third-order valence-corrected chi connectivity index (χ3v) is 2.02. The molecule has 1 rings (SSSR count). The molecule has 0 unspecified atom stereocenters. The SMILES string of the molecule is C=C.CCCc1cc(C)ccc1C. The Bertz CT molecular complexity index is 248. The van der Waals surface area contributed by atoms with Crippen LogP contribution < -0.4 is 0 Å². The molecule has 0 aliphatic heterocycles. The molecular formula is C13H20. The van der Waals surface area contributed by atoms with Gasteiger partial charge in [0.05, 0.1) is 0 Å². The van der Waals surface area contributed by atoms with Gasteiger partial charge >= 0.3 is 0 Å². The van der Waals surface area contributed by atoms with Gasteiger partial charge in [0, 0.05) is 0 Å². The molecule has 0 aromatic heterocycles. The lowest BCUT2D eigenvalue weighted by Crippen LogP contribution is -1.88. The average molecular weight is 176 g/mol. The van der Waals surface area contributed by atoms with Gasteiger partial charge in [0.25, 0.3) is 0 Å². The Morgan fingerprint density at radius 1 is 1.15 bits per heavy atom. The van der Waals surface area contributed by atoms with Crippen LogP contribution in [0, 0.1) is 13.8 Å². The zero-order valence-electron chi connectivity index (χ0n) is 9.06. The summed E-state index contributed by atoms with van der Waals surface area (Å²) in [5.74, 6) is 0. The lowest BCUT2D eigenvalue weighted by atomic mass is 10.0. The molecule has 0 saturated carbocycles. The van der Waals surface area contributed by atoms with Crippen molar-refractivity contribution in [1.29, 1.82) is 0 Å². The quantitative estimate of drug-likeness (QED) is 0.596. The highest BCUT2D eigenvalue weighted by molar-refractivity contribution is 5.30. The second-order valence-corrected chi connectivity index (χ2v) is 3.18. The van der Waals surface area contributed by atoms with Crippen LogP contribution in [0.15, 0.2) is 31.4 Å². The van der Waals surface area contributed by atoms with E-state index in [0.717, 1.165) is 0 Å². The molecule has 0 saturated heterocycles. The maximum absolute atomic E-state index is 3.00. The Morgan fingerprint density at radius 3 is 2.31 bits per heavy atom. The molecule has 0 radical (unpaired) electrons. The van der Waals surface area contributed by atoms with Gasteiger partial charge in [-0.3, -0.25) is 0 Å². The van der Waals surface area contributed by atoms with Crippen molar-refractivity contribution >= 4 is 0 Å². The summed E-state index contributed by atoms with van der Waals surface area (Å²) in [6.45, 7) is 12.6. The molecule has 72 valence electrons. The predicted molar refractivity (Wildman–Crippen MR) is 61.2 cm³/mol. The van der Waals surface area contributed by atoms with Crippen molar-refractivity contribution in [2.24, 2.45) is 0 Å². The number of rotatable bonds is 2. The monoisotopic (exact) mass is 176 g/mol. The van der Waals surface area contributed by atoms with Crippen LogP contribution >= 0.6 is 0 Å². The highest BCUT2D eigenvalue weighted by Gasteiger charge is 1.95. The Balaban J connectivity index is 0.000000671. The van der Waals surface area contributed by atoms with E-state index in [1.807, 2.05) is 0 Å². The van der Waals surface area contributed by atoms with Crippen molar-refractivity contribution in [3.8, 4) is 0 Å². The Morgan fingerprint density at radius 2 is 1.77 bits per heavy atom. The van der Waals surface area contributed by atoms with Gasteiger partial charge in [-0.25, -0.2) is 0 Å². The van der Waals surface area contributed by atoms with Crippen molar-refractivity contribution in [1.82, 2.24) is 0 Å². The van der Waals surface area contributed by atoms with E-state index in [2.05, 4.69) is 52.1 Å². The van der Waals surface area contributed by atoms with Crippen LogP contribution in [0.25, 0.3) is 0 Å². The van der Waals surface area contributed by atoms with Gasteiger partial charge in [0.15, 0.2) is 0 Å². The summed E-state index contributed by atoms with van der Waals surface area (Å²) in [5.41, 5.74) is 4.31. The molecule has 0 nitrogen and oxygen atoms in total. The lowest BCUT2D eigenvalue weighted by molar-refractivity contribution is 0.911. The van der Waals surface area contributed by atoms with Crippen LogP contribution in [0.5, 0.6) is 0 Å². The molecule has 0 aliphatic rings. The van der Waals surface area contributed by atoms with Crippen molar-refractivity contribution in [2.45, 2.75) is 33.6 Å². The summed E-state index contributed by atoms with van der Waals surface area (Å²) < 4.78 is 0. The van der Waals surface area contributed by atoms with Crippen LogP contribution in [0.2, 0.25) is 0 Å². The highest BCUT2D eigenvalue weighted by atomic mass is 14.0. The topological polar surface area (TPSA) is 0 Å². The van der Waals surface area contributed by atoms with Gasteiger partial charge in [-0.1, -0.05) is 37.1 Å². The van der Waals surface area contributed by atoms with Gasteiger partial charge in [0.2, 0.25) is 0 Å². The number of benzene rings is 1. The Labute approximate surface area is 82.3 Å². The van der Waals surface area contributed by atoms with E-state index < -0.39 is 0 Å². The zero-order chi connectivity index (χ0) is 10.3. The molecule has 0 aliphatic carbocycles. The van der Waals surface area contributed by atoms with Crippen LogP contribution in [-0.2, 0) is 6.42 Å². The molecule has 13 heavy (non-hydrogen) atoms. The minimum atomic E-state index is 1.22. The molecule has 0 heterocycles. The molecule has 0 amide bonds. The van der Waals surface area contributed by atoms with Crippen molar-refractivity contribution < 1.29 is 0 Å². The van der Waals surface area contributed by atoms with E-state index in [1.54, 1.807) is 0 Å². The molecule has 0 spiro atoms. The normalized spacial score (nSPS) is 8.85. The number of aryl methyl sites for hydroxylation is 3. The lowest BCUT2D eigenvalue weighted by Gasteiger charge is -2.04. The van der Waals surface area contributed by atoms with Gasteiger partial charge < -0.3 is 0 Å². The maximum Gasteiger partial charge on any atom is -0.0279 e. The highest BCUT2D eigenvalue weighted by Crippen LogP contribution is 2.11. The molecule has 0 fully saturated rings. The first-order chi connectivity index (χ1) is 6.24. The molecule has 0 N–H and O–H groups in total. The molecule has 0 bridgehead atoms. The van der Waals surface area contributed by atoms with E-state index in [1.165, 1.54) is 29.5 Å². The molecule has 1 aromatic carbocycles. The zero-order valence-corrected chi connectivity index (χ0v) is 9.06. The molecule has 1 aromatic rings. The summed E-state index contributed by atoms with van der Waals surface area (Å²) in [5, 5.41) is 0. The Hall–Kier alpha value is -1.04. The van der Waals surface area contributed by atoms with E-state index in [0.29, 0.717) is 0 Å². The van der Waals surface area contributed by atoms with Gasteiger partial charge in [0.1, 0.15) is 0 Å². The minimum Gasteiger partial charge on any atom is -0.106 e. The van der Waals surface area contributed by atoms with Gasteiger partial charge in [-0.05, 0) is 31.4 Å². The van der Waals surface area contributed by atoms with Crippen LogP contribution in [0.1, 0.15) is 30.0 Å². The largest absolute Gasteiger partial charge is 0.106 e. The summed E-state index contributed by atoms with van der Waals surface area (Å²) in [7, 11) is 0. The first-order valence-electron chi connectivity index (χ1n) is 4.80. The Kier molecular flexibility index (Phi) is 5.96. The minimum absolute atomic E-state index is 1.22. The fourth-order valence-electron chi connectivity index (χ4n) is 1.34. The first-order valence-corrected chi connectivity index (χ1v) is 4.80.